The van der Waals surface area contributed by atoms with E-state index in [-0.39, 0.29) is 18.4 Å². The first-order valence-electron chi connectivity index (χ1n) is 8.19. The van der Waals surface area contributed by atoms with Crippen LogP contribution in [0.3, 0.4) is 0 Å². The molecule has 0 saturated heterocycles. The van der Waals surface area contributed by atoms with Crippen molar-refractivity contribution < 1.29 is 19.1 Å². The van der Waals surface area contributed by atoms with Crippen LogP contribution < -0.4 is 14.8 Å². The molecule has 1 heterocycles. The van der Waals surface area contributed by atoms with E-state index in [2.05, 4.69) is 5.32 Å². The number of carbonyl (C=O) groups excluding carboxylic acids is 2. The third kappa shape index (κ3) is 4.46. The maximum atomic E-state index is 12.3. The van der Waals surface area contributed by atoms with E-state index in [4.69, 9.17) is 21.1 Å². The molecule has 6 nitrogen and oxygen atoms in total. The molecule has 0 bridgehead atoms. The van der Waals surface area contributed by atoms with Crippen LogP contribution in [0.2, 0.25) is 5.02 Å². The van der Waals surface area contributed by atoms with Crippen molar-refractivity contribution in [2.24, 2.45) is 0 Å². The molecule has 2 aromatic rings. The Bertz CT molecular complexity index is 825. The molecule has 136 valence electrons. The molecule has 0 fully saturated rings. The Kier molecular flexibility index (Phi) is 5.63. The van der Waals surface area contributed by atoms with Gasteiger partial charge in [0.25, 0.3) is 5.91 Å². The number of fused-ring (bicyclic) bond motifs is 1. The minimum absolute atomic E-state index is 0.0909. The number of nitrogens with one attached hydrogen (secondary N) is 1. The number of halogens is 1. The summed E-state index contributed by atoms with van der Waals surface area (Å²) in [5.74, 6) is 0.857. The summed E-state index contributed by atoms with van der Waals surface area (Å²) in [5, 5.41) is 3.08. The Morgan fingerprint density at radius 2 is 1.88 bits per heavy atom. The van der Waals surface area contributed by atoms with E-state index >= 15 is 0 Å². The summed E-state index contributed by atoms with van der Waals surface area (Å²) in [6, 6.07) is 12.2. The maximum absolute atomic E-state index is 12.3. The highest BCUT2D eigenvalue weighted by atomic mass is 35.5. The highest BCUT2D eigenvalue weighted by Gasteiger charge is 2.15. The molecule has 0 spiro atoms. The number of benzene rings is 2. The molecule has 3 rings (SSSR count). The minimum Gasteiger partial charge on any atom is -0.486 e. The van der Waals surface area contributed by atoms with Crippen molar-refractivity contribution in [2.45, 2.75) is 6.54 Å². The largest absolute Gasteiger partial charge is 0.486 e. The number of ether oxygens (including phenoxy) is 2. The van der Waals surface area contributed by atoms with Crippen LogP contribution in [0.1, 0.15) is 15.9 Å². The highest BCUT2D eigenvalue weighted by Crippen LogP contribution is 2.31. The van der Waals surface area contributed by atoms with Crippen molar-refractivity contribution in [1.29, 1.82) is 0 Å². The van der Waals surface area contributed by atoms with Gasteiger partial charge in [-0.25, -0.2) is 0 Å². The summed E-state index contributed by atoms with van der Waals surface area (Å²) in [5.41, 5.74) is 1.34. The van der Waals surface area contributed by atoms with Crippen molar-refractivity contribution in [2.75, 3.05) is 26.8 Å². The zero-order valence-electron chi connectivity index (χ0n) is 14.3. The summed E-state index contributed by atoms with van der Waals surface area (Å²) < 4.78 is 11.0. The maximum Gasteiger partial charge on any atom is 0.251 e. The number of nitrogens with zero attached hydrogens (tertiary/aromatic N) is 1. The van der Waals surface area contributed by atoms with Gasteiger partial charge in [0.05, 0.1) is 6.54 Å². The molecule has 7 heteroatoms. The zero-order chi connectivity index (χ0) is 18.5. The van der Waals surface area contributed by atoms with Crippen LogP contribution >= 0.6 is 11.6 Å². The van der Waals surface area contributed by atoms with Crippen LogP contribution in [0.5, 0.6) is 11.5 Å². The van der Waals surface area contributed by atoms with Crippen LogP contribution in [0, 0.1) is 0 Å². The van der Waals surface area contributed by atoms with Crippen LogP contribution in [-0.4, -0.2) is 43.5 Å². The van der Waals surface area contributed by atoms with Gasteiger partial charge >= 0.3 is 0 Å². The van der Waals surface area contributed by atoms with E-state index in [0.717, 1.165) is 5.56 Å². The van der Waals surface area contributed by atoms with Gasteiger partial charge in [0, 0.05) is 24.2 Å². The van der Waals surface area contributed by atoms with E-state index < -0.39 is 0 Å². The summed E-state index contributed by atoms with van der Waals surface area (Å²) in [6.07, 6.45) is 0. The van der Waals surface area contributed by atoms with Crippen LogP contribution in [0.25, 0.3) is 0 Å². The second kappa shape index (κ2) is 8.10. The molecule has 0 aromatic heterocycles. The van der Waals surface area contributed by atoms with Crippen molar-refractivity contribution in [1.82, 2.24) is 10.2 Å². The molecule has 1 aliphatic rings. The van der Waals surface area contributed by atoms with Crippen LogP contribution in [-0.2, 0) is 11.3 Å². The first-order chi connectivity index (χ1) is 12.5. The third-order valence-corrected chi connectivity index (χ3v) is 4.17. The molecule has 0 radical (unpaired) electrons. The monoisotopic (exact) mass is 374 g/mol. The summed E-state index contributed by atoms with van der Waals surface area (Å²) in [4.78, 5) is 25.9. The predicted octanol–water partition coefficient (Wildman–Crippen LogP) is 2.50. The standard InChI is InChI=1S/C19H19ClN2O4/c1-22(12-13-5-6-16-17(9-13)26-8-7-25-16)18(23)11-21-19(24)14-3-2-4-15(20)10-14/h2-6,9-10H,7-8,11-12H2,1H3,(H,21,24). The van der Waals surface area contributed by atoms with Gasteiger partial charge in [-0.15, -0.1) is 0 Å². The van der Waals surface area contributed by atoms with Crippen LogP contribution in [0.4, 0.5) is 0 Å². The van der Waals surface area contributed by atoms with Crippen molar-refractivity contribution in [3.05, 3.63) is 58.6 Å². The quantitative estimate of drug-likeness (QED) is 0.873. The van der Waals surface area contributed by atoms with Gasteiger partial charge in [-0.1, -0.05) is 23.7 Å². The second-order valence-corrected chi connectivity index (χ2v) is 6.36. The predicted molar refractivity (Wildman–Crippen MR) is 97.7 cm³/mol. The fourth-order valence-electron chi connectivity index (χ4n) is 2.57. The second-order valence-electron chi connectivity index (χ2n) is 5.92. The Hall–Kier alpha value is -2.73. The zero-order valence-corrected chi connectivity index (χ0v) is 15.1. The van der Waals surface area contributed by atoms with Gasteiger partial charge in [0.2, 0.25) is 5.91 Å². The lowest BCUT2D eigenvalue weighted by Gasteiger charge is -2.21. The molecule has 0 aliphatic carbocycles. The lowest BCUT2D eigenvalue weighted by atomic mass is 10.2. The number of carbonyl (C=O) groups is 2. The van der Waals surface area contributed by atoms with E-state index in [1.807, 2.05) is 18.2 Å². The summed E-state index contributed by atoms with van der Waals surface area (Å²) >= 11 is 5.87. The molecule has 1 aliphatic heterocycles. The summed E-state index contributed by atoms with van der Waals surface area (Å²) in [6.45, 7) is 1.37. The number of hydrogen-bond donors (Lipinski definition) is 1. The fraction of sp³-hybridized carbons (Fsp3) is 0.263. The average Bonchev–Trinajstić information content (AvgIpc) is 2.65. The molecule has 0 unspecified atom stereocenters. The number of likely N-dealkylation sites (N-methyl/N-ethyl adjacent to an activating group) is 1. The smallest absolute Gasteiger partial charge is 0.251 e. The fourth-order valence-corrected chi connectivity index (χ4v) is 2.76. The Balaban J connectivity index is 1.54. The topological polar surface area (TPSA) is 67.9 Å². The Morgan fingerprint density at radius 3 is 2.65 bits per heavy atom. The summed E-state index contributed by atoms with van der Waals surface area (Å²) in [7, 11) is 1.69. The molecular formula is C19H19ClN2O4. The molecule has 0 atom stereocenters. The molecule has 1 N–H and O–H groups in total. The van der Waals surface area contributed by atoms with Gasteiger partial charge in [0.1, 0.15) is 13.2 Å². The van der Waals surface area contributed by atoms with E-state index in [9.17, 15) is 9.59 Å². The van der Waals surface area contributed by atoms with Gasteiger partial charge < -0.3 is 19.7 Å². The number of rotatable bonds is 5. The molecule has 2 aromatic carbocycles. The van der Waals surface area contributed by atoms with Gasteiger partial charge in [-0.3, -0.25) is 9.59 Å². The highest BCUT2D eigenvalue weighted by molar-refractivity contribution is 6.30. The van der Waals surface area contributed by atoms with Gasteiger partial charge in [-0.2, -0.15) is 0 Å². The molecule has 0 saturated carbocycles. The molecular weight excluding hydrogens is 356 g/mol. The normalized spacial score (nSPS) is 12.4. The van der Waals surface area contributed by atoms with Gasteiger partial charge in [0.15, 0.2) is 11.5 Å². The van der Waals surface area contributed by atoms with Crippen molar-refractivity contribution >= 4 is 23.4 Å². The molecule has 26 heavy (non-hydrogen) atoms. The van der Waals surface area contributed by atoms with Gasteiger partial charge in [-0.05, 0) is 35.9 Å². The van der Waals surface area contributed by atoms with Crippen molar-refractivity contribution in [3.8, 4) is 11.5 Å². The lowest BCUT2D eigenvalue weighted by molar-refractivity contribution is -0.129. The van der Waals surface area contributed by atoms with E-state index in [0.29, 0.717) is 41.8 Å². The minimum atomic E-state index is -0.339. The first kappa shape index (κ1) is 18.1. The van der Waals surface area contributed by atoms with E-state index in [1.54, 1.807) is 36.2 Å². The Morgan fingerprint density at radius 1 is 1.12 bits per heavy atom. The third-order valence-electron chi connectivity index (χ3n) is 3.94. The molecule has 2 amide bonds. The average molecular weight is 375 g/mol. The Labute approximate surface area is 156 Å². The van der Waals surface area contributed by atoms with Crippen molar-refractivity contribution in [3.63, 3.8) is 0 Å². The number of amides is 2. The first-order valence-corrected chi connectivity index (χ1v) is 8.57. The van der Waals surface area contributed by atoms with Crippen LogP contribution in [0.15, 0.2) is 42.5 Å². The lowest BCUT2D eigenvalue weighted by Crippen LogP contribution is -2.37. The van der Waals surface area contributed by atoms with E-state index in [1.165, 1.54) is 0 Å². The number of hydrogen-bond acceptors (Lipinski definition) is 4. The SMILES string of the molecule is CN(Cc1ccc2c(c1)OCCO2)C(=O)CNC(=O)c1cccc(Cl)c1.